The van der Waals surface area contributed by atoms with Gasteiger partial charge in [0, 0.05) is 24.8 Å². The summed E-state index contributed by atoms with van der Waals surface area (Å²) < 4.78 is 40.3. The minimum atomic E-state index is -4.73. The maximum atomic E-state index is 12.2. The molecule has 1 saturated heterocycles. The molecule has 1 aliphatic heterocycles. The number of nitrogens with one attached hydrogen (secondary N) is 1. The minimum Gasteiger partial charge on any atom is -0.406 e. The van der Waals surface area contributed by atoms with Crippen molar-refractivity contribution in [3.05, 3.63) is 24.3 Å². The molecule has 1 aromatic carbocycles. The Kier molecular flexibility index (Phi) is 4.59. The van der Waals surface area contributed by atoms with Gasteiger partial charge in [-0.05, 0) is 31.9 Å². The molecule has 21 heavy (non-hydrogen) atoms. The Morgan fingerprint density at radius 3 is 2.62 bits per heavy atom. The fourth-order valence-electron chi connectivity index (χ4n) is 2.31. The molecule has 1 heterocycles. The summed E-state index contributed by atoms with van der Waals surface area (Å²) in [6.07, 6.45) is -2.74. The van der Waals surface area contributed by atoms with Crippen molar-refractivity contribution in [3.8, 4) is 5.75 Å². The average Bonchev–Trinajstić information content (AvgIpc) is 2.89. The Hall–Kier alpha value is -1.92. The van der Waals surface area contributed by atoms with Crippen molar-refractivity contribution in [2.45, 2.75) is 32.2 Å². The van der Waals surface area contributed by atoms with Crippen LogP contribution < -0.4 is 10.1 Å². The third kappa shape index (κ3) is 4.54. The topological polar surface area (TPSA) is 41.6 Å². The average molecular weight is 302 g/mol. The van der Waals surface area contributed by atoms with Crippen LogP contribution in [-0.4, -0.2) is 36.3 Å². The zero-order valence-corrected chi connectivity index (χ0v) is 11.6. The van der Waals surface area contributed by atoms with Gasteiger partial charge in [-0.3, -0.25) is 4.79 Å². The van der Waals surface area contributed by atoms with E-state index in [9.17, 15) is 18.0 Å². The molecule has 1 amide bonds. The quantitative estimate of drug-likeness (QED) is 0.929. The Balaban J connectivity index is 1.98. The smallest absolute Gasteiger partial charge is 0.406 e. The van der Waals surface area contributed by atoms with Crippen LogP contribution in [0.3, 0.4) is 0 Å². The van der Waals surface area contributed by atoms with Crippen LogP contribution in [0.25, 0.3) is 0 Å². The van der Waals surface area contributed by atoms with Gasteiger partial charge >= 0.3 is 6.36 Å². The summed E-state index contributed by atoms with van der Waals surface area (Å²) in [7, 11) is 0. The van der Waals surface area contributed by atoms with Crippen molar-refractivity contribution >= 4 is 11.6 Å². The van der Waals surface area contributed by atoms with Gasteiger partial charge in [-0.15, -0.1) is 13.2 Å². The molecule has 0 aliphatic carbocycles. The third-order valence-electron chi connectivity index (χ3n) is 3.24. The second-order valence-corrected chi connectivity index (χ2v) is 4.97. The van der Waals surface area contributed by atoms with E-state index in [2.05, 4.69) is 10.1 Å². The molecule has 0 spiro atoms. The molecule has 4 nitrogen and oxygen atoms in total. The molecule has 1 N–H and O–H groups in total. The highest BCUT2D eigenvalue weighted by molar-refractivity contribution is 5.84. The van der Waals surface area contributed by atoms with Crippen LogP contribution in [0.5, 0.6) is 5.75 Å². The van der Waals surface area contributed by atoms with Gasteiger partial charge < -0.3 is 15.0 Å². The van der Waals surface area contributed by atoms with Gasteiger partial charge in [0.05, 0.1) is 0 Å². The first-order valence-corrected chi connectivity index (χ1v) is 6.76. The van der Waals surface area contributed by atoms with Gasteiger partial charge in [-0.25, -0.2) is 0 Å². The van der Waals surface area contributed by atoms with Gasteiger partial charge in [0.15, 0.2) is 0 Å². The molecule has 0 radical (unpaired) electrons. The number of nitrogens with zero attached hydrogens (tertiary/aromatic N) is 1. The normalized spacial score (nSPS) is 16.7. The minimum absolute atomic E-state index is 0.0466. The number of ether oxygens (including phenoxy) is 1. The number of anilines is 1. The number of hydrogen-bond donors (Lipinski definition) is 1. The van der Waals surface area contributed by atoms with Crippen molar-refractivity contribution in [1.82, 2.24) is 4.90 Å². The van der Waals surface area contributed by atoms with E-state index in [1.807, 2.05) is 0 Å². The highest BCUT2D eigenvalue weighted by atomic mass is 19.4. The van der Waals surface area contributed by atoms with Crippen molar-refractivity contribution in [2.75, 3.05) is 18.4 Å². The number of carbonyl (C=O) groups excluding carboxylic acids is 1. The number of carbonyl (C=O) groups is 1. The lowest BCUT2D eigenvalue weighted by atomic mass is 10.2. The summed E-state index contributed by atoms with van der Waals surface area (Å²) in [5, 5.41) is 2.91. The maximum Gasteiger partial charge on any atom is 0.573 e. The molecule has 1 atom stereocenters. The Bertz CT molecular complexity index is 499. The molecule has 0 bridgehead atoms. The summed E-state index contributed by atoms with van der Waals surface area (Å²) in [5.41, 5.74) is 0.414. The van der Waals surface area contributed by atoms with Crippen molar-refractivity contribution in [1.29, 1.82) is 0 Å². The fourth-order valence-corrected chi connectivity index (χ4v) is 2.31. The number of alkyl halides is 3. The number of halogens is 3. The molecule has 0 saturated carbocycles. The van der Waals surface area contributed by atoms with E-state index in [-0.39, 0.29) is 11.7 Å². The first-order valence-electron chi connectivity index (χ1n) is 6.76. The number of rotatable bonds is 4. The first-order chi connectivity index (χ1) is 9.85. The Labute approximate surface area is 120 Å². The molecular weight excluding hydrogens is 285 g/mol. The van der Waals surface area contributed by atoms with E-state index in [0.29, 0.717) is 5.69 Å². The van der Waals surface area contributed by atoms with E-state index < -0.39 is 12.4 Å². The molecule has 2 rings (SSSR count). The molecular formula is C14H17F3N2O2. The fraction of sp³-hybridized carbons (Fsp3) is 0.500. The zero-order chi connectivity index (χ0) is 15.5. The Morgan fingerprint density at radius 2 is 2.00 bits per heavy atom. The molecule has 116 valence electrons. The van der Waals surface area contributed by atoms with Crippen LogP contribution in [0.15, 0.2) is 24.3 Å². The van der Waals surface area contributed by atoms with Crippen molar-refractivity contribution in [3.63, 3.8) is 0 Å². The summed E-state index contributed by atoms with van der Waals surface area (Å²) >= 11 is 0. The second-order valence-electron chi connectivity index (χ2n) is 4.97. The molecule has 7 heteroatoms. The monoisotopic (exact) mass is 302 g/mol. The van der Waals surface area contributed by atoms with Crippen LogP contribution in [0.1, 0.15) is 19.8 Å². The van der Waals surface area contributed by atoms with Crippen molar-refractivity contribution in [2.24, 2.45) is 0 Å². The number of hydrogen-bond acceptors (Lipinski definition) is 3. The Morgan fingerprint density at radius 1 is 1.33 bits per heavy atom. The van der Waals surface area contributed by atoms with Crippen molar-refractivity contribution < 1.29 is 22.7 Å². The maximum absolute atomic E-state index is 12.2. The predicted octanol–water partition coefficient (Wildman–Crippen LogP) is 3.01. The SMILES string of the molecule is CC(Nc1cccc(OC(F)(F)F)c1)C(=O)N1CCCC1. The van der Waals surface area contributed by atoms with Crippen LogP contribution in [0, 0.1) is 0 Å². The van der Waals surface area contributed by atoms with Gasteiger partial charge in [0.1, 0.15) is 11.8 Å². The highest BCUT2D eigenvalue weighted by Crippen LogP contribution is 2.25. The van der Waals surface area contributed by atoms with E-state index >= 15 is 0 Å². The first kappa shape index (κ1) is 15.5. The summed E-state index contributed by atoms with van der Waals surface area (Å²) in [4.78, 5) is 13.9. The van der Waals surface area contributed by atoms with Gasteiger partial charge in [-0.1, -0.05) is 6.07 Å². The van der Waals surface area contributed by atoms with Crippen LogP contribution in [0.2, 0.25) is 0 Å². The van der Waals surface area contributed by atoms with E-state index in [1.165, 1.54) is 18.2 Å². The molecule has 1 aromatic rings. The molecule has 1 aliphatic rings. The van der Waals surface area contributed by atoms with Crippen LogP contribution >= 0.6 is 0 Å². The van der Waals surface area contributed by atoms with Gasteiger partial charge in [0.2, 0.25) is 5.91 Å². The van der Waals surface area contributed by atoms with E-state index in [0.717, 1.165) is 25.9 Å². The highest BCUT2D eigenvalue weighted by Gasteiger charge is 2.31. The summed E-state index contributed by atoms with van der Waals surface area (Å²) in [6, 6.07) is 4.98. The van der Waals surface area contributed by atoms with Gasteiger partial charge in [0.25, 0.3) is 0 Å². The number of benzene rings is 1. The largest absolute Gasteiger partial charge is 0.573 e. The van der Waals surface area contributed by atoms with E-state index in [4.69, 9.17) is 0 Å². The lowest BCUT2D eigenvalue weighted by Gasteiger charge is -2.22. The number of likely N-dealkylation sites (tertiary alicyclic amines) is 1. The van der Waals surface area contributed by atoms with Gasteiger partial charge in [-0.2, -0.15) is 0 Å². The molecule has 0 aromatic heterocycles. The molecule has 1 unspecified atom stereocenters. The predicted molar refractivity (Wildman–Crippen MR) is 72.0 cm³/mol. The standard InChI is InChI=1S/C14H17F3N2O2/c1-10(13(20)19-7-2-3-8-19)18-11-5-4-6-12(9-11)21-14(15,16)17/h4-6,9-10,18H,2-3,7-8H2,1H3. The summed E-state index contributed by atoms with van der Waals surface area (Å²) in [6.45, 7) is 3.17. The zero-order valence-electron chi connectivity index (χ0n) is 11.6. The summed E-state index contributed by atoms with van der Waals surface area (Å²) in [5.74, 6) is -0.358. The number of amides is 1. The molecule has 1 fully saturated rings. The lowest BCUT2D eigenvalue weighted by Crippen LogP contribution is -2.39. The second kappa shape index (κ2) is 6.24. The lowest BCUT2D eigenvalue weighted by molar-refractivity contribution is -0.274. The van der Waals surface area contributed by atoms with E-state index in [1.54, 1.807) is 17.9 Å². The van der Waals surface area contributed by atoms with Crippen LogP contribution in [0.4, 0.5) is 18.9 Å². The van der Waals surface area contributed by atoms with Crippen LogP contribution in [-0.2, 0) is 4.79 Å². The third-order valence-corrected chi connectivity index (χ3v) is 3.24.